The number of halogens is 1. The number of carbonyl (C=O) groups is 2. The van der Waals surface area contributed by atoms with Crippen LogP contribution in [-0.4, -0.2) is 37.3 Å². The van der Waals surface area contributed by atoms with Crippen molar-refractivity contribution in [3.63, 3.8) is 0 Å². The second kappa shape index (κ2) is 9.62. The van der Waals surface area contributed by atoms with E-state index in [9.17, 15) is 22.4 Å². The van der Waals surface area contributed by atoms with Gasteiger partial charge in [-0.25, -0.2) is 12.8 Å². The molecule has 6 nitrogen and oxygen atoms in total. The highest BCUT2D eigenvalue weighted by atomic mass is 32.2. The Kier molecular flexibility index (Phi) is 8.18. The molecule has 0 radical (unpaired) electrons. The number of hydrogen-bond donors (Lipinski definition) is 2. The minimum Gasteiger partial charge on any atom is -0.319 e. The van der Waals surface area contributed by atoms with E-state index in [0.29, 0.717) is 25.7 Å². The third-order valence-corrected chi connectivity index (χ3v) is 6.11. The van der Waals surface area contributed by atoms with Gasteiger partial charge in [0, 0.05) is 5.56 Å². The predicted molar refractivity (Wildman–Crippen MR) is 94.2 cm³/mol. The van der Waals surface area contributed by atoms with E-state index in [0.717, 1.165) is 6.07 Å². The molecular formula is C17H25FN2O4S. The molecule has 0 aliphatic heterocycles. The van der Waals surface area contributed by atoms with Crippen molar-refractivity contribution in [3.8, 4) is 0 Å². The van der Waals surface area contributed by atoms with Crippen LogP contribution in [0.1, 0.15) is 49.9 Å². The SMILES string of the molecule is CCCC(CCC)S(=O)(=O)C[C@@H](N)C(=O)NC(=O)c1cccc(F)c1. The Labute approximate surface area is 147 Å². The van der Waals surface area contributed by atoms with Gasteiger partial charge in [-0.3, -0.25) is 14.9 Å². The first-order valence-electron chi connectivity index (χ1n) is 8.29. The van der Waals surface area contributed by atoms with E-state index in [4.69, 9.17) is 5.73 Å². The van der Waals surface area contributed by atoms with Crippen LogP contribution in [0.2, 0.25) is 0 Å². The molecule has 2 amide bonds. The lowest BCUT2D eigenvalue weighted by molar-refractivity contribution is -0.120. The minimum absolute atomic E-state index is 0.0433. The van der Waals surface area contributed by atoms with E-state index in [-0.39, 0.29) is 5.56 Å². The zero-order valence-electron chi connectivity index (χ0n) is 14.5. The molecule has 0 saturated heterocycles. The van der Waals surface area contributed by atoms with Crippen molar-refractivity contribution in [2.75, 3.05) is 5.75 Å². The normalized spacial score (nSPS) is 12.8. The first-order chi connectivity index (χ1) is 11.7. The predicted octanol–water partition coefficient (Wildman–Crippen LogP) is 1.79. The molecule has 1 rings (SSSR count). The quantitative estimate of drug-likeness (QED) is 0.687. The molecule has 3 N–H and O–H groups in total. The van der Waals surface area contributed by atoms with Crippen LogP contribution >= 0.6 is 0 Å². The van der Waals surface area contributed by atoms with E-state index < -0.39 is 44.5 Å². The second-order valence-electron chi connectivity index (χ2n) is 5.96. The third kappa shape index (κ3) is 6.55. The largest absolute Gasteiger partial charge is 0.319 e. The molecule has 0 heterocycles. The van der Waals surface area contributed by atoms with Gasteiger partial charge in [0.15, 0.2) is 9.84 Å². The van der Waals surface area contributed by atoms with Crippen LogP contribution in [0.15, 0.2) is 24.3 Å². The summed E-state index contributed by atoms with van der Waals surface area (Å²) in [6.07, 6.45) is 2.44. The molecule has 8 heteroatoms. The Morgan fingerprint density at radius 2 is 1.80 bits per heavy atom. The molecule has 0 bridgehead atoms. The molecule has 1 atom stereocenters. The summed E-state index contributed by atoms with van der Waals surface area (Å²) in [6.45, 7) is 3.78. The van der Waals surface area contributed by atoms with E-state index >= 15 is 0 Å². The van der Waals surface area contributed by atoms with Gasteiger partial charge in [0.25, 0.3) is 5.91 Å². The van der Waals surface area contributed by atoms with Crippen LogP contribution in [0.5, 0.6) is 0 Å². The van der Waals surface area contributed by atoms with Gasteiger partial charge < -0.3 is 5.73 Å². The summed E-state index contributed by atoms with van der Waals surface area (Å²) in [4.78, 5) is 23.9. The Bertz CT molecular complexity index is 700. The van der Waals surface area contributed by atoms with Crippen molar-refractivity contribution in [1.82, 2.24) is 5.32 Å². The molecule has 1 aromatic carbocycles. The summed E-state index contributed by atoms with van der Waals surface area (Å²) in [5.41, 5.74) is 5.63. The Morgan fingerprint density at radius 1 is 1.20 bits per heavy atom. The number of benzene rings is 1. The second-order valence-corrected chi connectivity index (χ2v) is 8.29. The van der Waals surface area contributed by atoms with Crippen molar-refractivity contribution in [3.05, 3.63) is 35.6 Å². The van der Waals surface area contributed by atoms with Gasteiger partial charge in [-0.05, 0) is 31.0 Å². The number of amides is 2. The number of sulfone groups is 1. The summed E-state index contributed by atoms with van der Waals surface area (Å²) >= 11 is 0. The van der Waals surface area contributed by atoms with E-state index in [2.05, 4.69) is 0 Å². The molecule has 0 spiro atoms. The first-order valence-corrected chi connectivity index (χ1v) is 10.0. The number of imide groups is 1. The number of nitrogens with two attached hydrogens (primary N) is 1. The molecule has 0 unspecified atom stereocenters. The van der Waals surface area contributed by atoms with Gasteiger partial charge in [-0.2, -0.15) is 0 Å². The fourth-order valence-electron chi connectivity index (χ4n) is 2.52. The molecule has 0 aliphatic rings. The monoisotopic (exact) mass is 372 g/mol. The van der Waals surface area contributed by atoms with Crippen molar-refractivity contribution in [2.24, 2.45) is 5.73 Å². The maximum Gasteiger partial charge on any atom is 0.257 e. The lowest BCUT2D eigenvalue weighted by Crippen LogP contribution is -2.48. The number of nitrogens with one attached hydrogen (secondary N) is 1. The van der Waals surface area contributed by atoms with Crippen LogP contribution < -0.4 is 11.1 Å². The molecule has 1 aromatic rings. The molecule has 0 aliphatic carbocycles. The van der Waals surface area contributed by atoms with Crippen LogP contribution in [0.25, 0.3) is 0 Å². The highest BCUT2D eigenvalue weighted by Crippen LogP contribution is 2.16. The number of rotatable bonds is 9. The Hall–Kier alpha value is -1.80. The van der Waals surface area contributed by atoms with Gasteiger partial charge in [-0.1, -0.05) is 32.8 Å². The smallest absolute Gasteiger partial charge is 0.257 e. The fourth-order valence-corrected chi connectivity index (χ4v) is 4.63. The van der Waals surface area contributed by atoms with Gasteiger partial charge in [0.05, 0.1) is 17.0 Å². The van der Waals surface area contributed by atoms with E-state index in [1.165, 1.54) is 18.2 Å². The molecule has 0 aromatic heterocycles. The van der Waals surface area contributed by atoms with Crippen molar-refractivity contribution < 1.29 is 22.4 Å². The summed E-state index contributed by atoms with van der Waals surface area (Å²) in [5.74, 6) is -2.87. The molecule has 0 saturated carbocycles. The van der Waals surface area contributed by atoms with Gasteiger partial charge in [0.2, 0.25) is 5.91 Å². The number of hydrogen-bond acceptors (Lipinski definition) is 5. The maximum absolute atomic E-state index is 13.1. The van der Waals surface area contributed by atoms with Crippen LogP contribution in [0.3, 0.4) is 0 Å². The van der Waals surface area contributed by atoms with Crippen molar-refractivity contribution >= 4 is 21.7 Å². The van der Waals surface area contributed by atoms with Crippen molar-refractivity contribution in [1.29, 1.82) is 0 Å². The zero-order valence-corrected chi connectivity index (χ0v) is 15.3. The van der Waals surface area contributed by atoms with Crippen LogP contribution in [0, 0.1) is 5.82 Å². The van der Waals surface area contributed by atoms with Gasteiger partial charge in [0.1, 0.15) is 5.82 Å². The minimum atomic E-state index is -3.56. The van der Waals surface area contributed by atoms with Crippen molar-refractivity contribution in [2.45, 2.75) is 50.8 Å². The molecule has 25 heavy (non-hydrogen) atoms. The summed E-state index contributed by atoms with van der Waals surface area (Å²) in [7, 11) is -3.56. The average molecular weight is 372 g/mol. The molecule has 0 fully saturated rings. The Morgan fingerprint density at radius 3 is 2.32 bits per heavy atom. The van der Waals surface area contributed by atoms with Gasteiger partial charge in [-0.15, -0.1) is 0 Å². The highest BCUT2D eigenvalue weighted by Gasteiger charge is 2.29. The van der Waals surface area contributed by atoms with E-state index in [1.54, 1.807) is 0 Å². The highest BCUT2D eigenvalue weighted by molar-refractivity contribution is 7.92. The standard InChI is InChI=1S/C17H25FN2O4S/c1-3-6-14(7-4-2)25(23,24)11-15(19)17(22)20-16(21)12-8-5-9-13(18)10-12/h5,8-10,14-15H,3-4,6-7,11,19H2,1-2H3,(H,20,21,22)/t15-/m1/s1. The molecular weight excluding hydrogens is 347 g/mol. The van der Waals surface area contributed by atoms with Gasteiger partial charge >= 0.3 is 0 Å². The lowest BCUT2D eigenvalue weighted by atomic mass is 10.2. The van der Waals surface area contributed by atoms with Crippen LogP contribution in [0.4, 0.5) is 4.39 Å². The average Bonchev–Trinajstić information content (AvgIpc) is 2.54. The first kappa shape index (κ1) is 21.2. The number of carbonyl (C=O) groups excluding carboxylic acids is 2. The zero-order chi connectivity index (χ0) is 19.0. The topological polar surface area (TPSA) is 106 Å². The lowest BCUT2D eigenvalue weighted by Gasteiger charge is -2.19. The summed E-state index contributed by atoms with van der Waals surface area (Å²) < 4.78 is 38.0. The molecule has 140 valence electrons. The fraction of sp³-hybridized carbons (Fsp3) is 0.529. The third-order valence-electron chi connectivity index (χ3n) is 3.80. The summed E-state index contributed by atoms with van der Waals surface area (Å²) in [5, 5.41) is 1.47. The van der Waals surface area contributed by atoms with E-state index in [1.807, 2.05) is 19.2 Å². The maximum atomic E-state index is 13.1. The summed E-state index contributed by atoms with van der Waals surface area (Å²) in [6, 6.07) is 3.45. The van der Waals surface area contributed by atoms with Crippen LogP contribution in [-0.2, 0) is 14.6 Å². The Balaban J connectivity index is 2.73.